The molecule has 13 heavy (non-hydrogen) atoms. The van der Waals surface area contributed by atoms with Gasteiger partial charge in [-0.1, -0.05) is 0 Å². The van der Waals surface area contributed by atoms with E-state index in [9.17, 15) is 13.2 Å². The Morgan fingerprint density at radius 1 is 1.62 bits per heavy atom. The van der Waals surface area contributed by atoms with Crippen LogP contribution in [0.1, 0.15) is 12.8 Å². The number of carbonyl (C=O) groups excluding carboxylic acids is 1. The lowest BCUT2D eigenvalue weighted by atomic mass is 10.1. The monoisotopic (exact) mass is 210 g/mol. The number of hydrogen-bond acceptors (Lipinski definition) is 5. The molecule has 1 saturated heterocycles. The Labute approximate surface area is 75.4 Å². The van der Waals surface area contributed by atoms with Crippen molar-refractivity contribution in [1.82, 2.24) is 5.06 Å². The van der Waals surface area contributed by atoms with Crippen LogP contribution in [0.2, 0.25) is 0 Å². The lowest BCUT2D eigenvalue weighted by Gasteiger charge is -2.27. The molecule has 1 atom stereocenters. The van der Waals surface area contributed by atoms with Crippen molar-refractivity contribution in [3.05, 3.63) is 0 Å². The van der Waals surface area contributed by atoms with Crippen molar-refractivity contribution in [1.29, 1.82) is 0 Å². The number of nitrogens with two attached hydrogens (primary N) is 1. The van der Waals surface area contributed by atoms with Gasteiger partial charge in [0.2, 0.25) is 0 Å². The van der Waals surface area contributed by atoms with E-state index >= 15 is 0 Å². The predicted molar refractivity (Wildman–Crippen MR) is 41.6 cm³/mol. The summed E-state index contributed by atoms with van der Waals surface area (Å²) in [5.41, 5.74) is 5.34. The molecule has 0 aromatic carbocycles. The van der Waals surface area contributed by atoms with Crippen LogP contribution >= 0.6 is 0 Å². The van der Waals surface area contributed by atoms with Gasteiger partial charge in [0.25, 0.3) is 5.91 Å². The number of nitrogens with zero attached hydrogens (tertiary/aromatic N) is 1. The summed E-state index contributed by atoms with van der Waals surface area (Å²) in [7, 11) is -4.63. The number of piperidine rings is 1. The second kappa shape index (κ2) is 3.58. The molecule has 0 aromatic rings. The second-order valence-electron chi connectivity index (χ2n) is 2.69. The Kier molecular flexibility index (Phi) is 2.86. The van der Waals surface area contributed by atoms with Crippen molar-refractivity contribution in [2.24, 2.45) is 5.73 Å². The fourth-order valence-corrected chi connectivity index (χ4v) is 1.44. The highest BCUT2D eigenvalue weighted by Crippen LogP contribution is 2.11. The van der Waals surface area contributed by atoms with Gasteiger partial charge in [-0.3, -0.25) is 9.35 Å². The van der Waals surface area contributed by atoms with Crippen LogP contribution in [0.5, 0.6) is 0 Å². The lowest BCUT2D eigenvalue weighted by Crippen LogP contribution is -2.48. The van der Waals surface area contributed by atoms with Gasteiger partial charge in [0, 0.05) is 0 Å². The van der Waals surface area contributed by atoms with Crippen LogP contribution in [-0.2, 0) is 19.5 Å². The zero-order chi connectivity index (χ0) is 10.1. The van der Waals surface area contributed by atoms with Gasteiger partial charge in [0.15, 0.2) is 0 Å². The molecule has 76 valence electrons. The summed E-state index contributed by atoms with van der Waals surface area (Å²) in [6.07, 6.45) is 1.03. The highest BCUT2D eigenvalue weighted by molar-refractivity contribution is 7.80. The van der Waals surface area contributed by atoms with Gasteiger partial charge in [0.05, 0.1) is 12.6 Å². The zero-order valence-corrected chi connectivity index (χ0v) is 7.53. The molecule has 0 spiro atoms. The first-order chi connectivity index (χ1) is 5.90. The minimum atomic E-state index is -4.63. The van der Waals surface area contributed by atoms with Crippen molar-refractivity contribution in [3.63, 3.8) is 0 Å². The molecule has 8 heteroatoms. The molecule has 1 amide bonds. The summed E-state index contributed by atoms with van der Waals surface area (Å²) in [6.45, 7) is 0.117. The van der Waals surface area contributed by atoms with Gasteiger partial charge in [-0.25, -0.2) is 5.06 Å². The molecule has 0 radical (unpaired) electrons. The first-order valence-corrected chi connectivity index (χ1v) is 5.00. The van der Waals surface area contributed by atoms with E-state index in [2.05, 4.69) is 4.28 Å². The molecular formula is C5H10N2O5S. The molecule has 1 unspecified atom stereocenters. The SMILES string of the molecule is NC1CCCN(OS(=O)(=O)O)C1=O. The van der Waals surface area contributed by atoms with Gasteiger partial charge in [0.1, 0.15) is 0 Å². The molecule has 1 aliphatic rings. The third-order valence-corrected chi connectivity index (χ3v) is 1.99. The molecular weight excluding hydrogens is 200 g/mol. The average molecular weight is 210 g/mol. The molecule has 1 rings (SSSR count). The third kappa shape index (κ3) is 2.92. The highest BCUT2D eigenvalue weighted by Gasteiger charge is 2.29. The maximum atomic E-state index is 11.1. The third-order valence-electron chi connectivity index (χ3n) is 1.62. The zero-order valence-electron chi connectivity index (χ0n) is 6.71. The van der Waals surface area contributed by atoms with Crippen LogP contribution in [0, 0.1) is 0 Å². The van der Waals surface area contributed by atoms with Crippen molar-refractivity contribution in [2.75, 3.05) is 6.54 Å². The molecule has 1 aliphatic heterocycles. The first-order valence-electron chi connectivity index (χ1n) is 3.64. The van der Waals surface area contributed by atoms with Crippen molar-refractivity contribution < 1.29 is 22.0 Å². The molecule has 0 saturated carbocycles. The normalized spacial score (nSPS) is 24.9. The lowest BCUT2D eigenvalue weighted by molar-refractivity contribution is -0.163. The summed E-state index contributed by atoms with van der Waals surface area (Å²) in [4.78, 5) is 11.1. The number of rotatable bonds is 2. The van der Waals surface area contributed by atoms with Crippen LogP contribution in [0.25, 0.3) is 0 Å². The number of carbonyl (C=O) groups is 1. The molecule has 0 aliphatic carbocycles. The van der Waals surface area contributed by atoms with E-state index in [1.807, 2.05) is 0 Å². The molecule has 7 nitrogen and oxygen atoms in total. The van der Waals surface area contributed by atoms with Gasteiger partial charge < -0.3 is 5.73 Å². The summed E-state index contributed by atoms with van der Waals surface area (Å²) in [6, 6.07) is -0.754. The number of hydrogen-bond donors (Lipinski definition) is 2. The maximum absolute atomic E-state index is 11.1. The van der Waals surface area contributed by atoms with E-state index in [1.54, 1.807) is 0 Å². The minimum Gasteiger partial charge on any atom is -0.320 e. The standard InChI is InChI=1S/C5H10N2O5S/c6-4-2-1-3-7(5(4)8)12-13(9,10)11/h4H,1-3,6H2,(H,9,10,11). The fourth-order valence-electron chi connectivity index (χ4n) is 1.06. The Morgan fingerprint density at radius 2 is 2.23 bits per heavy atom. The van der Waals surface area contributed by atoms with Crippen molar-refractivity contribution >= 4 is 16.3 Å². The van der Waals surface area contributed by atoms with Crippen LogP contribution in [0.3, 0.4) is 0 Å². The van der Waals surface area contributed by atoms with E-state index in [0.717, 1.165) is 0 Å². The molecule has 0 aromatic heterocycles. The first kappa shape index (κ1) is 10.4. The Hall–Kier alpha value is -0.700. The van der Waals surface area contributed by atoms with Gasteiger partial charge in [-0.05, 0) is 12.8 Å². The van der Waals surface area contributed by atoms with Gasteiger partial charge in [-0.2, -0.15) is 8.42 Å². The Bertz CT molecular complexity index is 300. The largest absolute Gasteiger partial charge is 0.418 e. The number of hydroxylamine groups is 2. The molecule has 1 fully saturated rings. The highest BCUT2D eigenvalue weighted by atomic mass is 32.3. The topological polar surface area (TPSA) is 110 Å². The smallest absolute Gasteiger partial charge is 0.320 e. The summed E-state index contributed by atoms with van der Waals surface area (Å²) < 4.78 is 32.8. The van der Waals surface area contributed by atoms with Gasteiger partial charge >= 0.3 is 10.4 Å². The van der Waals surface area contributed by atoms with E-state index in [0.29, 0.717) is 17.9 Å². The van der Waals surface area contributed by atoms with Crippen LogP contribution in [0.15, 0.2) is 0 Å². The fraction of sp³-hybridized carbons (Fsp3) is 0.800. The van der Waals surface area contributed by atoms with E-state index < -0.39 is 22.3 Å². The van der Waals surface area contributed by atoms with Crippen LogP contribution in [0.4, 0.5) is 0 Å². The average Bonchev–Trinajstić information content (AvgIpc) is 1.96. The van der Waals surface area contributed by atoms with E-state index in [1.165, 1.54) is 0 Å². The van der Waals surface area contributed by atoms with Crippen molar-refractivity contribution in [3.8, 4) is 0 Å². The predicted octanol–water partition coefficient (Wildman–Crippen LogP) is -1.33. The molecule has 0 bridgehead atoms. The Morgan fingerprint density at radius 3 is 2.77 bits per heavy atom. The molecule has 3 N–H and O–H groups in total. The maximum Gasteiger partial charge on any atom is 0.418 e. The van der Waals surface area contributed by atoms with E-state index in [-0.39, 0.29) is 6.54 Å². The summed E-state index contributed by atoms with van der Waals surface area (Å²) in [5.74, 6) is -0.635. The van der Waals surface area contributed by atoms with Crippen molar-refractivity contribution in [2.45, 2.75) is 18.9 Å². The summed E-state index contributed by atoms with van der Waals surface area (Å²) in [5, 5.41) is 0.559. The van der Waals surface area contributed by atoms with E-state index in [4.69, 9.17) is 10.3 Å². The quantitative estimate of drug-likeness (QED) is 0.546. The van der Waals surface area contributed by atoms with Crippen LogP contribution in [-0.4, -0.2) is 36.5 Å². The Balaban J connectivity index is 2.65. The number of amides is 1. The second-order valence-corrected chi connectivity index (χ2v) is 3.70. The van der Waals surface area contributed by atoms with Crippen LogP contribution < -0.4 is 5.73 Å². The molecule has 1 heterocycles. The summed E-state index contributed by atoms with van der Waals surface area (Å²) >= 11 is 0. The van der Waals surface area contributed by atoms with Gasteiger partial charge in [-0.15, -0.1) is 4.28 Å². The minimum absolute atomic E-state index is 0.117.